The summed E-state index contributed by atoms with van der Waals surface area (Å²) < 4.78 is 0. The van der Waals surface area contributed by atoms with Crippen molar-refractivity contribution in [3.05, 3.63) is 21.9 Å². The molecule has 0 N–H and O–H groups in total. The van der Waals surface area contributed by atoms with Gasteiger partial charge in [-0.2, -0.15) is 11.3 Å². The largest absolute Gasteiger partial charge is 0.333 e. The molecule has 1 aromatic rings. The molecule has 0 aromatic carbocycles. The Labute approximate surface area is 111 Å². The summed E-state index contributed by atoms with van der Waals surface area (Å²) >= 11 is 7.85. The van der Waals surface area contributed by atoms with Crippen LogP contribution in [0, 0.1) is 6.92 Å². The first kappa shape index (κ1) is 11.5. The highest BCUT2D eigenvalue weighted by molar-refractivity contribution is 7.08. The summed E-state index contributed by atoms with van der Waals surface area (Å²) in [6.45, 7) is 2.01. The molecular formula is C13H16ClNOS. The van der Waals surface area contributed by atoms with Crippen LogP contribution < -0.4 is 0 Å². The third-order valence-corrected chi connectivity index (χ3v) is 5.21. The highest BCUT2D eigenvalue weighted by Crippen LogP contribution is 2.39. The number of piperidine rings is 1. The van der Waals surface area contributed by atoms with Gasteiger partial charge in [0.05, 0.1) is 5.56 Å². The Morgan fingerprint density at radius 2 is 2.00 bits per heavy atom. The molecule has 1 amide bonds. The predicted molar refractivity (Wildman–Crippen MR) is 70.9 cm³/mol. The van der Waals surface area contributed by atoms with Gasteiger partial charge in [-0.3, -0.25) is 4.79 Å². The maximum Gasteiger partial charge on any atom is 0.255 e. The molecule has 1 aromatic heterocycles. The molecule has 17 heavy (non-hydrogen) atoms. The summed E-state index contributed by atoms with van der Waals surface area (Å²) in [5.74, 6) is 0.222. The number of nitrogens with zero attached hydrogens (tertiary/aromatic N) is 1. The van der Waals surface area contributed by atoms with E-state index in [1.807, 2.05) is 17.7 Å². The summed E-state index contributed by atoms with van der Waals surface area (Å²) in [7, 11) is 0. The van der Waals surface area contributed by atoms with E-state index in [1.54, 1.807) is 11.3 Å². The van der Waals surface area contributed by atoms with E-state index in [0.717, 1.165) is 36.8 Å². The fourth-order valence-electron chi connectivity index (χ4n) is 3.16. The van der Waals surface area contributed by atoms with Crippen LogP contribution >= 0.6 is 22.9 Å². The van der Waals surface area contributed by atoms with Gasteiger partial charge in [0.25, 0.3) is 5.91 Å². The van der Waals surface area contributed by atoms with Crippen LogP contribution in [-0.2, 0) is 0 Å². The number of aryl methyl sites for hydroxylation is 1. The Balaban J connectivity index is 1.86. The van der Waals surface area contributed by atoms with Gasteiger partial charge in [0, 0.05) is 22.8 Å². The zero-order valence-electron chi connectivity index (χ0n) is 9.86. The first-order chi connectivity index (χ1) is 8.16. The number of alkyl halides is 1. The summed E-state index contributed by atoms with van der Waals surface area (Å²) in [5, 5.41) is 4.29. The van der Waals surface area contributed by atoms with E-state index >= 15 is 0 Å². The van der Waals surface area contributed by atoms with E-state index < -0.39 is 0 Å². The predicted octanol–water partition coefficient (Wildman–Crippen LogP) is 3.43. The number of hydrogen-bond acceptors (Lipinski definition) is 2. The van der Waals surface area contributed by atoms with E-state index in [2.05, 4.69) is 4.90 Å². The van der Waals surface area contributed by atoms with Crippen molar-refractivity contribution in [2.24, 2.45) is 0 Å². The van der Waals surface area contributed by atoms with Crippen LogP contribution in [0.15, 0.2) is 10.8 Å². The first-order valence-electron chi connectivity index (χ1n) is 6.16. The van der Waals surface area contributed by atoms with Crippen molar-refractivity contribution < 1.29 is 4.79 Å². The molecule has 2 fully saturated rings. The molecule has 92 valence electrons. The molecule has 0 radical (unpaired) electrons. The molecule has 2 nitrogen and oxygen atoms in total. The summed E-state index contributed by atoms with van der Waals surface area (Å²) in [5.41, 5.74) is 1.99. The quantitative estimate of drug-likeness (QED) is 0.716. The Bertz CT molecular complexity index is 430. The Kier molecular flexibility index (Phi) is 2.91. The number of fused-ring (bicyclic) bond motifs is 2. The fourth-order valence-corrected chi connectivity index (χ4v) is 4.39. The second-order valence-corrected chi connectivity index (χ2v) is 6.50. The van der Waals surface area contributed by atoms with Crippen LogP contribution in [0.2, 0.25) is 0 Å². The maximum atomic E-state index is 12.5. The molecule has 2 saturated heterocycles. The topological polar surface area (TPSA) is 20.3 Å². The second-order valence-electron chi connectivity index (χ2n) is 5.13. The molecule has 0 aliphatic carbocycles. The maximum absolute atomic E-state index is 12.5. The smallest absolute Gasteiger partial charge is 0.255 e. The van der Waals surface area contributed by atoms with E-state index in [-0.39, 0.29) is 11.3 Å². The van der Waals surface area contributed by atoms with Gasteiger partial charge in [-0.25, -0.2) is 0 Å². The Hall–Kier alpha value is -0.540. The molecule has 0 saturated carbocycles. The molecule has 2 atom stereocenters. The monoisotopic (exact) mass is 269 g/mol. The number of carbonyl (C=O) groups excluding carboxylic acids is 1. The minimum absolute atomic E-state index is 0.222. The molecule has 3 heterocycles. The minimum atomic E-state index is 0.222. The molecule has 2 aliphatic rings. The average molecular weight is 270 g/mol. The molecule has 0 spiro atoms. The van der Waals surface area contributed by atoms with Crippen LogP contribution in [0.25, 0.3) is 0 Å². The van der Waals surface area contributed by atoms with Gasteiger partial charge in [0.1, 0.15) is 0 Å². The van der Waals surface area contributed by atoms with E-state index in [9.17, 15) is 4.79 Å². The van der Waals surface area contributed by atoms with Crippen LogP contribution in [-0.4, -0.2) is 28.3 Å². The van der Waals surface area contributed by atoms with Gasteiger partial charge in [-0.05, 0) is 43.6 Å². The average Bonchev–Trinajstić information content (AvgIpc) is 2.81. The molecule has 2 bridgehead atoms. The molecular weight excluding hydrogens is 254 g/mol. The summed E-state index contributed by atoms with van der Waals surface area (Å²) in [6, 6.07) is 0.756. The standard InChI is InChI=1S/C13H16ClNOS/c1-8-6-17-7-12(8)13(16)15-10-2-3-11(15)5-9(14)4-10/h6-7,9-11H,2-5H2,1H3. The second kappa shape index (κ2) is 4.29. The lowest BCUT2D eigenvalue weighted by Crippen LogP contribution is -2.47. The van der Waals surface area contributed by atoms with E-state index in [0.29, 0.717) is 12.1 Å². The zero-order chi connectivity index (χ0) is 12.0. The van der Waals surface area contributed by atoms with Crippen molar-refractivity contribution in [1.29, 1.82) is 0 Å². The molecule has 2 aliphatic heterocycles. The van der Waals surface area contributed by atoms with Crippen LogP contribution in [0.5, 0.6) is 0 Å². The number of amides is 1. The highest BCUT2D eigenvalue weighted by Gasteiger charge is 2.43. The van der Waals surface area contributed by atoms with Crippen molar-refractivity contribution in [3.63, 3.8) is 0 Å². The van der Waals surface area contributed by atoms with Gasteiger partial charge in [-0.1, -0.05) is 0 Å². The lowest BCUT2D eigenvalue weighted by Gasteiger charge is -2.37. The Morgan fingerprint density at radius 1 is 1.35 bits per heavy atom. The lowest BCUT2D eigenvalue weighted by molar-refractivity contribution is 0.0599. The van der Waals surface area contributed by atoms with Gasteiger partial charge < -0.3 is 4.90 Å². The van der Waals surface area contributed by atoms with Gasteiger partial charge in [0.15, 0.2) is 0 Å². The molecule has 4 heteroatoms. The lowest BCUT2D eigenvalue weighted by atomic mass is 10.0. The van der Waals surface area contributed by atoms with Gasteiger partial charge >= 0.3 is 0 Å². The molecule has 3 rings (SSSR count). The van der Waals surface area contributed by atoms with Crippen molar-refractivity contribution >= 4 is 28.8 Å². The fraction of sp³-hybridized carbons (Fsp3) is 0.615. The van der Waals surface area contributed by atoms with E-state index in [4.69, 9.17) is 11.6 Å². The number of carbonyl (C=O) groups is 1. The third kappa shape index (κ3) is 1.89. The van der Waals surface area contributed by atoms with Crippen molar-refractivity contribution in [2.75, 3.05) is 0 Å². The number of rotatable bonds is 1. The normalized spacial score (nSPS) is 31.9. The summed E-state index contributed by atoms with van der Waals surface area (Å²) in [4.78, 5) is 14.6. The summed E-state index contributed by atoms with van der Waals surface area (Å²) in [6.07, 6.45) is 4.19. The van der Waals surface area contributed by atoms with Crippen LogP contribution in [0.3, 0.4) is 0 Å². The van der Waals surface area contributed by atoms with Gasteiger partial charge in [-0.15, -0.1) is 11.6 Å². The van der Waals surface area contributed by atoms with Crippen LogP contribution in [0.4, 0.5) is 0 Å². The van der Waals surface area contributed by atoms with Gasteiger partial charge in [0.2, 0.25) is 0 Å². The minimum Gasteiger partial charge on any atom is -0.333 e. The number of halogens is 1. The molecule has 2 unspecified atom stereocenters. The SMILES string of the molecule is Cc1cscc1C(=O)N1C2CCC1CC(Cl)C2. The van der Waals surface area contributed by atoms with Crippen LogP contribution in [0.1, 0.15) is 41.6 Å². The third-order valence-electron chi connectivity index (χ3n) is 4.00. The van der Waals surface area contributed by atoms with Crippen molar-refractivity contribution in [1.82, 2.24) is 4.90 Å². The zero-order valence-corrected chi connectivity index (χ0v) is 11.4. The first-order valence-corrected chi connectivity index (χ1v) is 7.54. The van der Waals surface area contributed by atoms with Crippen molar-refractivity contribution in [3.8, 4) is 0 Å². The highest BCUT2D eigenvalue weighted by atomic mass is 35.5. The number of hydrogen-bond donors (Lipinski definition) is 0. The van der Waals surface area contributed by atoms with Crippen molar-refractivity contribution in [2.45, 2.75) is 50.1 Å². The number of thiophene rings is 1. The van der Waals surface area contributed by atoms with E-state index in [1.165, 1.54) is 0 Å². The Morgan fingerprint density at radius 3 is 2.53 bits per heavy atom.